The number of hydrazone groups is 1. The molecule has 0 spiro atoms. The highest BCUT2D eigenvalue weighted by atomic mass is 16.5. The van der Waals surface area contributed by atoms with Crippen LogP contribution in [0.5, 0.6) is 5.75 Å². The molecule has 1 aliphatic heterocycles. The zero-order chi connectivity index (χ0) is 15.4. The summed E-state index contributed by atoms with van der Waals surface area (Å²) in [6.07, 6.45) is -0.0745. The second-order valence-corrected chi connectivity index (χ2v) is 5.08. The number of ether oxygens (including phenoxy) is 1. The van der Waals surface area contributed by atoms with Crippen molar-refractivity contribution in [1.29, 1.82) is 0 Å². The molecule has 1 heterocycles. The Hall–Kier alpha value is -2.69. The third-order valence-corrected chi connectivity index (χ3v) is 3.51. The first-order chi connectivity index (χ1) is 10.8. The molecule has 1 aliphatic rings. The number of hydrogen-bond acceptors (Lipinski definition) is 5. The highest BCUT2D eigenvalue weighted by Crippen LogP contribution is 2.18. The van der Waals surface area contributed by atoms with E-state index >= 15 is 0 Å². The Balaban J connectivity index is 1.79. The van der Waals surface area contributed by atoms with Crippen LogP contribution in [-0.2, 0) is 6.54 Å². The summed E-state index contributed by atoms with van der Waals surface area (Å²) in [4.78, 5) is 0. The molecule has 22 heavy (non-hydrogen) atoms. The molecular weight excluding hydrogens is 276 g/mol. The van der Waals surface area contributed by atoms with E-state index < -0.39 is 0 Å². The second-order valence-electron chi connectivity index (χ2n) is 5.08. The van der Waals surface area contributed by atoms with Crippen molar-refractivity contribution in [3.8, 4) is 5.75 Å². The highest BCUT2D eigenvalue weighted by molar-refractivity contribution is 5.99. The summed E-state index contributed by atoms with van der Waals surface area (Å²) in [5.74, 6) is 1.50. The zero-order valence-corrected chi connectivity index (χ0v) is 12.7. The molecule has 0 fully saturated rings. The van der Waals surface area contributed by atoms with Crippen LogP contribution in [0.1, 0.15) is 18.1 Å². The number of amidine groups is 1. The van der Waals surface area contributed by atoms with Gasteiger partial charge >= 0.3 is 0 Å². The monoisotopic (exact) mass is 294 g/mol. The Labute approximate surface area is 129 Å². The Bertz CT molecular complexity index is 680. The molecule has 5 heteroatoms. The molecule has 0 amide bonds. The van der Waals surface area contributed by atoms with Gasteiger partial charge in [0.15, 0.2) is 6.17 Å². The minimum atomic E-state index is -0.0745. The average Bonchev–Trinajstić information content (AvgIpc) is 2.58. The summed E-state index contributed by atoms with van der Waals surface area (Å²) in [6, 6.07) is 17.9. The third kappa shape index (κ3) is 3.14. The Kier molecular flexibility index (Phi) is 4.14. The molecule has 112 valence electrons. The maximum absolute atomic E-state index is 5.18. The van der Waals surface area contributed by atoms with Crippen molar-refractivity contribution < 1.29 is 4.74 Å². The minimum Gasteiger partial charge on any atom is -0.497 e. The zero-order valence-electron chi connectivity index (χ0n) is 12.7. The Morgan fingerprint density at radius 3 is 2.45 bits per heavy atom. The average molecular weight is 294 g/mol. The van der Waals surface area contributed by atoms with E-state index in [1.165, 1.54) is 0 Å². The molecule has 2 aromatic carbocycles. The smallest absolute Gasteiger partial charge is 0.200 e. The molecule has 0 aliphatic carbocycles. The number of hydrogen-bond donors (Lipinski definition) is 0. The Morgan fingerprint density at radius 1 is 1.05 bits per heavy atom. The maximum Gasteiger partial charge on any atom is 0.200 e. The van der Waals surface area contributed by atoms with Gasteiger partial charge in [-0.3, -0.25) is 5.01 Å². The van der Waals surface area contributed by atoms with Crippen LogP contribution in [0.4, 0.5) is 0 Å². The van der Waals surface area contributed by atoms with Crippen molar-refractivity contribution >= 4 is 5.84 Å². The first-order valence-electron chi connectivity index (χ1n) is 7.21. The summed E-state index contributed by atoms with van der Waals surface area (Å²) < 4.78 is 5.18. The number of benzene rings is 2. The van der Waals surface area contributed by atoms with Crippen LogP contribution in [-0.4, -0.2) is 24.1 Å². The molecule has 3 rings (SSSR count). The molecule has 0 radical (unpaired) electrons. The molecular formula is C17H18N4O. The van der Waals surface area contributed by atoms with Gasteiger partial charge in [0.05, 0.1) is 13.7 Å². The molecule has 2 aromatic rings. The van der Waals surface area contributed by atoms with E-state index in [4.69, 9.17) is 4.74 Å². The molecule has 0 aromatic heterocycles. The summed E-state index contributed by atoms with van der Waals surface area (Å²) >= 11 is 0. The van der Waals surface area contributed by atoms with Crippen LogP contribution in [0, 0.1) is 0 Å². The molecule has 5 nitrogen and oxygen atoms in total. The van der Waals surface area contributed by atoms with Gasteiger partial charge in [0.1, 0.15) is 5.75 Å². The van der Waals surface area contributed by atoms with Crippen molar-refractivity contribution in [3.63, 3.8) is 0 Å². The highest BCUT2D eigenvalue weighted by Gasteiger charge is 2.18. The SMILES string of the molecule is COc1ccc(CN2N=C(c3ccccc3)N=NC2C)cc1. The topological polar surface area (TPSA) is 49.5 Å². The van der Waals surface area contributed by atoms with Gasteiger partial charge in [0.25, 0.3) is 0 Å². The lowest BCUT2D eigenvalue weighted by Gasteiger charge is -2.26. The quantitative estimate of drug-likeness (QED) is 0.863. The molecule has 0 N–H and O–H groups in total. The van der Waals surface area contributed by atoms with Crippen LogP contribution >= 0.6 is 0 Å². The first-order valence-corrected chi connectivity index (χ1v) is 7.21. The van der Waals surface area contributed by atoms with Gasteiger partial charge in [-0.25, -0.2) is 0 Å². The van der Waals surface area contributed by atoms with Crippen molar-refractivity contribution in [3.05, 3.63) is 65.7 Å². The summed E-state index contributed by atoms with van der Waals surface area (Å²) in [5, 5.41) is 15.1. The normalized spacial score (nSPS) is 17.3. The standard InChI is InChI=1S/C17H18N4O/c1-13-18-19-17(15-6-4-3-5-7-15)20-21(13)12-14-8-10-16(22-2)11-9-14/h3-11,13H,12H2,1-2H3. The second kappa shape index (κ2) is 6.39. The van der Waals surface area contributed by atoms with Crippen LogP contribution < -0.4 is 4.74 Å². The van der Waals surface area contributed by atoms with Crippen molar-refractivity contribution in [1.82, 2.24) is 5.01 Å². The fourth-order valence-electron chi connectivity index (χ4n) is 2.21. The molecule has 1 atom stereocenters. The van der Waals surface area contributed by atoms with Gasteiger partial charge < -0.3 is 4.74 Å². The van der Waals surface area contributed by atoms with E-state index in [0.29, 0.717) is 12.4 Å². The van der Waals surface area contributed by atoms with Gasteiger partial charge in [0, 0.05) is 5.56 Å². The van der Waals surface area contributed by atoms with E-state index in [0.717, 1.165) is 16.9 Å². The first kappa shape index (κ1) is 14.3. The minimum absolute atomic E-state index is 0.0745. The van der Waals surface area contributed by atoms with Gasteiger partial charge in [-0.2, -0.15) is 10.2 Å². The van der Waals surface area contributed by atoms with Crippen LogP contribution in [0.15, 0.2) is 69.9 Å². The fourth-order valence-corrected chi connectivity index (χ4v) is 2.21. The predicted octanol–water partition coefficient (Wildman–Crippen LogP) is 3.67. The third-order valence-electron chi connectivity index (χ3n) is 3.51. The van der Waals surface area contributed by atoms with Gasteiger partial charge in [-0.05, 0) is 24.6 Å². The summed E-state index contributed by atoms with van der Waals surface area (Å²) in [5.41, 5.74) is 2.12. The number of azo groups is 1. The van der Waals surface area contributed by atoms with E-state index in [9.17, 15) is 0 Å². The largest absolute Gasteiger partial charge is 0.497 e. The van der Waals surface area contributed by atoms with Crippen LogP contribution in [0.3, 0.4) is 0 Å². The fraction of sp³-hybridized carbons (Fsp3) is 0.235. The van der Waals surface area contributed by atoms with E-state index in [1.807, 2.05) is 66.5 Å². The number of rotatable bonds is 4. The Morgan fingerprint density at radius 2 is 1.77 bits per heavy atom. The van der Waals surface area contributed by atoms with Crippen LogP contribution in [0.25, 0.3) is 0 Å². The molecule has 0 bridgehead atoms. The van der Waals surface area contributed by atoms with Gasteiger partial charge in [0.2, 0.25) is 5.84 Å². The molecule has 0 saturated heterocycles. The lowest BCUT2D eigenvalue weighted by Crippen LogP contribution is -2.30. The number of nitrogens with zero attached hydrogens (tertiary/aromatic N) is 4. The van der Waals surface area contributed by atoms with Crippen molar-refractivity contribution in [2.75, 3.05) is 7.11 Å². The lowest BCUT2D eigenvalue weighted by molar-refractivity contribution is 0.202. The molecule has 0 saturated carbocycles. The maximum atomic E-state index is 5.18. The van der Waals surface area contributed by atoms with Crippen molar-refractivity contribution in [2.45, 2.75) is 19.6 Å². The molecule has 1 unspecified atom stereocenters. The van der Waals surface area contributed by atoms with Gasteiger partial charge in [-0.1, -0.05) is 42.5 Å². The predicted molar refractivity (Wildman–Crippen MR) is 85.8 cm³/mol. The van der Waals surface area contributed by atoms with Crippen LogP contribution in [0.2, 0.25) is 0 Å². The van der Waals surface area contributed by atoms with E-state index in [1.54, 1.807) is 7.11 Å². The van der Waals surface area contributed by atoms with Crippen molar-refractivity contribution in [2.24, 2.45) is 15.3 Å². The van der Waals surface area contributed by atoms with Gasteiger partial charge in [-0.15, -0.1) is 5.11 Å². The lowest BCUT2D eigenvalue weighted by atomic mass is 10.2. The van der Waals surface area contributed by atoms with E-state index in [-0.39, 0.29) is 6.17 Å². The summed E-state index contributed by atoms with van der Waals surface area (Å²) in [7, 11) is 1.67. The summed E-state index contributed by atoms with van der Waals surface area (Å²) in [6.45, 7) is 2.67. The van der Waals surface area contributed by atoms with E-state index in [2.05, 4.69) is 15.3 Å². The number of methoxy groups -OCH3 is 1.